The van der Waals surface area contributed by atoms with Crippen molar-refractivity contribution >= 4 is 27.6 Å². The molecule has 0 radical (unpaired) electrons. The van der Waals surface area contributed by atoms with Gasteiger partial charge in [-0.25, -0.2) is 9.37 Å². The minimum Gasteiger partial charge on any atom is -0.480 e. The number of halogens is 1. The maximum absolute atomic E-state index is 17.1. The van der Waals surface area contributed by atoms with Crippen LogP contribution < -0.4 is 19.7 Å². The van der Waals surface area contributed by atoms with Crippen molar-refractivity contribution in [3.63, 3.8) is 0 Å². The molecule has 2 aliphatic heterocycles. The smallest absolute Gasteiger partial charge is 0.319 e. The van der Waals surface area contributed by atoms with Gasteiger partial charge in [0.25, 0.3) is 0 Å². The first-order valence-electron chi connectivity index (χ1n) is 18.8. The minimum absolute atomic E-state index is 0.00434. The summed E-state index contributed by atoms with van der Waals surface area (Å²) in [6, 6.07) is 2.52. The van der Waals surface area contributed by atoms with E-state index in [1.807, 2.05) is 13.8 Å². The fraction of sp³-hybridized carbons (Fsp3) is 0.632. The van der Waals surface area contributed by atoms with E-state index in [9.17, 15) is 5.11 Å². The number of rotatable bonds is 12. The van der Waals surface area contributed by atoms with Gasteiger partial charge in [-0.2, -0.15) is 15.1 Å². The lowest BCUT2D eigenvalue weighted by Gasteiger charge is -2.39. The minimum atomic E-state index is -0.590. The van der Waals surface area contributed by atoms with Gasteiger partial charge in [-0.05, 0) is 101 Å². The van der Waals surface area contributed by atoms with Gasteiger partial charge in [-0.15, -0.1) is 0 Å². The molecular formula is C38H52FN7O5. The molecule has 2 saturated carbocycles. The summed E-state index contributed by atoms with van der Waals surface area (Å²) in [6.07, 6.45) is 13.2. The molecule has 2 atom stereocenters. The molecule has 0 bridgehead atoms. The Kier molecular flexibility index (Phi) is 11.2. The van der Waals surface area contributed by atoms with Crippen molar-refractivity contribution in [3.8, 4) is 23.1 Å². The number of aromatic nitrogens is 5. The van der Waals surface area contributed by atoms with Crippen LogP contribution in [0, 0.1) is 18.2 Å². The predicted molar refractivity (Wildman–Crippen MR) is 194 cm³/mol. The van der Waals surface area contributed by atoms with Crippen LogP contribution in [0.15, 0.2) is 12.3 Å². The van der Waals surface area contributed by atoms with Crippen LogP contribution in [-0.4, -0.2) is 96.3 Å². The van der Waals surface area contributed by atoms with Crippen molar-refractivity contribution in [1.29, 1.82) is 0 Å². The van der Waals surface area contributed by atoms with E-state index < -0.39 is 5.82 Å². The molecule has 4 aliphatic rings. The van der Waals surface area contributed by atoms with Gasteiger partial charge in [0.15, 0.2) is 11.6 Å². The quantitative estimate of drug-likeness (QED) is 0.115. The third-order valence-electron chi connectivity index (χ3n) is 11.0. The van der Waals surface area contributed by atoms with Gasteiger partial charge >= 0.3 is 6.01 Å². The maximum atomic E-state index is 17.1. The zero-order chi connectivity index (χ0) is 35.4. The molecule has 276 valence electrons. The van der Waals surface area contributed by atoms with Gasteiger partial charge < -0.3 is 34.3 Å². The van der Waals surface area contributed by atoms with Crippen LogP contribution in [0.1, 0.15) is 88.2 Å². The van der Waals surface area contributed by atoms with Crippen LogP contribution in [0.5, 0.6) is 11.9 Å². The first-order chi connectivity index (χ1) is 25.0. The lowest BCUT2D eigenvalue weighted by Crippen LogP contribution is -2.49. The number of pyridine rings is 1. The number of H-pyrrole nitrogens is 1. The number of aliphatic hydroxyl groups excluding tert-OH is 1. The Bertz CT molecular complexity index is 1800. The average Bonchev–Trinajstić information content (AvgIpc) is 3.73. The molecule has 13 heteroatoms. The monoisotopic (exact) mass is 705 g/mol. The number of aryl methyl sites for hydroxylation is 1. The molecule has 4 fully saturated rings. The summed E-state index contributed by atoms with van der Waals surface area (Å²) in [5, 5.41) is 22.5. The number of hydrogen-bond acceptors (Lipinski definition) is 11. The molecule has 5 heterocycles. The third kappa shape index (κ3) is 7.35. The number of aromatic amines is 1. The number of nitrogens with one attached hydrogen (secondary N) is 2. The van der Waals surface area contributed by atoms with Crippen molar-refractivity contribution in [2.45, 2.75) is 90.0 Å². The molecule has 12 nitrogen and oxygen atoms in total. The summed E-state index contributed by atoms with van der Waals surface area (Å²) >= 11 is 0. The standard InChI is InChI=1S/C33H42FN7O4.C5H10O/c1-4-44-14-13-41(18-42)30-26-29(38-32(39-30)45-17-33-10-5-7-23(33)35-12-6-11-33)27(34)28(37-31(26)43-3)25-21-16-36-40-22(21)15-19(2)24(25)20-8-9-20;1-2-4-6-5-3-1/h15-16,20,23,35,42H,4-14,17-18H2,1-3H3,(H,36,40);1-5H2. The van der Waals surface area contributed by atoms with Crippen molar-refractivity contribution in [3.05, 3.63) is 29.2 Å². The predicted octanol–water partition coefficient (Wildman–Crippen LogP) is 6.18. The van der Waals surface area contributed by atoms with E-state index in [4.69, 9.17) is 33.9 Å². The maximum Gasteiger partial charge on any atom is 0.319 e. The highest BCUT2D eigenvalue weighted by atomic mass is 19.1. The third-order valence-corrected chi connectivity index (χ3v) is 11.0. The number of fused-ring (bicyclic) bond motifs is 3. The van der Waals surface area contributed by atoms with Crippen LogP contribution in [-0.2, 0) is 9.47 Å². The molecule has 0 amide bonds. The van der Waals surface area contributed by atoms with E-state index in [0.717, 1.165) is 86.7 Å². The molecule has 4 aromatic rings. The van der Waals surface area contributed by atoms with Crippen LogP contribution in [0.4, 0.5) is 10.2 Å². The Labute approximate surface area is 298 Å². The zero-order valence-corrected chi connectivity index (χ0v) is 30.2. The summed E-state index contributed by atoms with van der Waals surface area (Å²) in [4.78, 5) is 15.9. The molecular weight excluding hydrogens is 653 g/mol. The SMILES string of the molecule is C1CCOCC1.CCOCCN(CO)c1nc(OCC23CCCNC2CCC3)nc2c(F)c(-c3c(C4CC4)c(C)cc4[nH]ncc34)nc(OC)c12. The molecule has 3 aromatic heterocycles. The van der Waals surface area contributed by atoms with Crippen LogP contribution >= 0.6 is 0 Å². The highest BCUT2D eigenvalue weighted by Gasteiger charge is 2.45. The molecule has 3 N–H and O–H groups in total. The Morgan fingerprint density at radius 1 is 1.08 bits per heavy atom. The molecule has 2 aliphatic carbocycles. The second-order valence-electron chi connectivity index (χ2n) is 14.4. The summed E-state index contributed by atoms with van der Waals surface area (Å²) in [5.74, 6) is 0.194. The number of ether oxygens (including phenoxy) is 4. The van der Waals surface area contributed by atoms with Crippen LogP contribution in [0.25, 0.3) is 33.1 Å². The van der Waals surface area contributed by atoms with Crippen molar-refractivity contribution < 1.29 is 28.4 Å². The van der Waals surface area contributed by atoms with E-state index in [0.29, 0.717) is 43.9 Å². The fourth-order valence-corrected chi connectivity index (χ4v) is 8.28. The number of benzene rings is 1. The molecule has 2 unspecified atom stereocenters. The van der Waals surface area contributed by atoms with E-state index in [-0.39, 0.29) is 46.5 Å². The Morgan fingerprint density at radius 3 is 2.61 bits per heavy atom. The molecule has 1 aromatic carbocycles. The van der Waals surface area contributed by atoms with Crippen molar-refractivity contribution in [2.24, 2.45) is 5.41 Å². The van der Waals surface area contributed by atoms with Gasteiger partial charge in [0, 0.05) is 48.8 Å². The molecule has 51 heavy (non-hydrogen) atoms. The van der Waals surface area contributed by atoms with Crippen LogP contribution in [0.2, 0.25) is 0 Å². The first kappa shape index (κ1) is 35.7. The van der Waals surface area contributed by atoms with Crippen molar-refractivity contribution in [2.75, 3.05) is 64.9 Å². The van der Waals surface area contributed by atoms with E-state index in [1.54, 1.807) is 11.1 Å². The number of methoxy groups -OCH3 is 1. The highest BCUT2D eigenvalue weighted by Crippen LogP contribution is 2.50. The van der Waals surface area contributed by atoms with Crippen LogP contribution in [0.3, 0.4) is 0 Å². The normalized spacial score (nSPS) is 21.7. The summed E-state index contributed by atoms with van der Waals surface area (Å²) in [5.41, 5.74) is 3.84. The fourth-order valence-electron chi connectivity index (χ4n) is 8.28. The largest absolute Gasteiger partial charge is 0.480 e. The zero-order valence-electron chi connectivity index (χ0n) is 30.2. The van der Waals surface area contributed by atoms with Gasteiger partial charge in [0.2, 0.25) is 5.88 Å². The number of aliphatic hydroxyl groups is 1. The molecule has 2 saturated heterocycles. The summed E-state index contributed by atoms with van der Waals surface area (Å²) in [6.45, 7) is 8.22. The van der Waals surface area contributed by atoms with Gasteiger partial charge in [-0.1, -0.05) is 6.42 Å². The Hall–Kier alpha value is -3.65. The number of piperidine rings is 1. The van der Waals surface area contributed by atoms with Crippen molar-refractivity contribution in [1.82, 2.24) is 30.5 Å². The second kappa shape index (κ2) is 15.9. The van der Waals surface area contributed by atoms with Gasteiger partial charge in [-0.3, -0.25) is 5.10 Å². The highest BCUT2D eigenvalue weighted by molar-refractivity contribution is 6.01. The van der Waals surface area contributed by atoms with E-state index in [2.05, 4.69) is 21.6 Å². The van der Waals surface area contributed by atoms with E-state index >= 15 is 4.39 Å². The Balaban J connectivity index is 0.000000615. The van der Waals surface area contributed by atoms with Gasteiger partial charge in [0.1, 0.15) is 23.3 Å². The van der Waals surface area contributed by atoms with Gasteiger partial charge in [0.05, 0.1) is 32.0 Å². The lowest BCUT2D eigenvalue weighted by atomic mass is 9.76. The average molecular weight is 706 g/mol. The topological polar surface area (TPSA) is 140 Å². The van der Waals surface area contributed by atoms with E-state index in [1.165, 1.54) is 26.4 Å². The summed E-state index contributed by atoms with van der Waals surface area (Å²) < 4.78 is 40.0. The lowest BCUT2D eigenvalue weighted by molar-refractivity contribution is 0.0798. The number of hydrogen-bond donors (Lipinski definition) is 3. The second-order valence-corrected chi connectivity index (χ2v) is 14.4. The molecule has 0 spiro atoms. The number of nitrogens with zero attached hydrogens (tertiary/aromatic N) is 5. The number of anilines is 1. The first-order valence-corrected chi connectivity index (χ1v) is 18.8. The summed E-state index contributed by atoms with van der Waals surface area (Å²) in [7, 11) is 1.50. The molecule has 8 rings (SSSR count). The Morgan fingerprint density at radius 2 is 1.90 bits per heavy atom.